The van der Waals surface area contributed by atoms with E-state index < -0.39 is 0 Å². The third-order valence-corrected chi connectivity index (χ3v) is 4.01. The average molecular weight is 268 g/mol. The molecule has 2 aliphatic heterocycles. The maximum atomic E-state index is 4.75. The third kappa shape index (κ3) is 1.83. The van der Waals surface area contributed by atoms with Crippen molar-refractivity contribution in [2.24, 2.45) is 9.98 Å². The van der Waals surface area contributed by atoms with Gasteiger partial charge in [-0.15, -0.1) is 0 Å². The van der Waals surface area contributed by atoms with Crippen molar-refractivity contribution >= 4 is 22.9 Å². The summed E-state index contributed by atoms with van der Waals surface area (Å²) in [6.45, 7) is 10.4. The van der Waals surface area contributed by atoms with Gasteiger partial charge in [0, 0.05) is 7.05 Å². The Balaban J connectivity index is 2.19. The van der Waals surface area contributed by atoms with Crippen LogP contribution in [0.5, 0.6) is 0 Å². The van der Waals surface area contributed by atoms with Gasteiger partial charge in [0.2, 0.25) is 0 Å². The number of aryl methyl sites for hydroxylation is 2. The number of anilines is 1. The molecule has 0 amide bonds. The molecule has 0 saturated heterocycles. The molecule has 1 aromatic carbocycles. The van der Waals surface area contributed by atoms with Crippen molar-refractivity contribution in [2.45, 2.75) is 33.4 Å². The van der Waals surface area contributed by atoms with Crippen LogP contribution in [-0.4, -0.2) is 24.8 Å². The van der Waals surface area contributed by atoms with E-state index in [1.807, 2.05) is 7.05 Å². The number of nitrogens with zero attached hydrogens (tertiary/aromatic N) is 3. The predicted octanol–water partition coefficient (Wildman–Crippen LogP) is 3.08. The maximum Gasteiger partial charge on any atom is 0.158 e. The van der Waals surface area contributed by atoms with Crippen LogP contribution in [0.3, 0.4) is 0 Å². The number of aliphatic imine (C=N–C) groups is 2. The first kappa shape index (κ1) is 12.9. The molecule has 2 heterocycles. The van der Waals surface area contributed by atoms with Crippen molar-refractivity contribution in [2.75, 3.05) is 11.9 Å². The van der Waals surface area contributed by atoms with Crippen LogP contribution in [0.2, 0.25) is 0 Å². The van der Waals surface area contributed by atoms with Gasteiger partial charge in [0.05, 0.1) is 17.1 Å². The smallest absolute Gasteiger partial charge is 0.158 e. The molecule has 0 fully saturated rings. The van der Waals surface area contributed by atoms with E-state index in [2.05, 4.69) is 49.7 Å². The van der Waals surface area contributed by atoms with E-state index in [1.165, 1.54) is 11.1 Å². The van der Waals surface area contributed by atoms with E-state index in [1.54, 1.807) is 0 Å². The van der Waals surface area contributed by atoms with E-state index >= 15 is 0 Å². The zero-order chi connectivity index (χ0) is 14.4. The molecule has 4 nitrogen and oxygen atoms in total. The topological polar surface area (TPSA) is 40.0 Å². The number of nitrogens with one attached hydrogen (secondary N) is 1. The minimum atomic E-state index is 0.0898. The highest BCUT2D eigenvalue weighted by Gasteiger charge is 2.30. The van der Waals surface area contributed by atoms with Crippen molar-refractivity contribution in [3.8, 4) is 0 Å². The van der Waals surface area contributed by atoms with Crippen molar-refractivity contribution < 1.29 is 0 Å². The fraction of sp³-hybridized carbons (Fsp3) is 0.375. The van der Waals surface area contributed by atoms with E-state index in [9.17, 15) is 0 Å². The first-order chi connectivity index (χ1) is 9.51. The lowest BCUT2D eigenvalue weighted by molar-refractivity contribution is 0.579. The highest BCUT2D eigenvalue weighted by Crippen LogP contribution is 2.36. The van der Waals surface area contributed by atoms with Crippen LogP contribution in [0.25, 0.3) is 0 Å². The van der Waals surface area contributed by atoms with Crippen molar-refractivity contribution in [1.82, 2.24) is 5.32 Å². The molecular formula is C16H20N4. The van der Waals surface area contributed by atoms with E-state index in [4.69, 9.17) is 9.98 Å². The van der Waals surface area contributed by atoms with Crippen LogP contribution in [-0.2, 0) is 0 Å². The van der Waals surface area contributed by atoms with Crippen molar-refractivity contribution in [3.05, 3.63) is 35.5 Å². The van der Waals surface area contributed by atoms with Gasteiger partial charge in [-0.2, -0.15) is 0 Å². The molecule has 20 heavy (non-hydrogen) atoms. The lowest BCUT2D eigenvalue weighted by Gasteiger charge is -2.34. The molecule has 1 aromatic rings. The quantitative estimate of drug-likeness (QED) is 0.850. The second-order valence-electron chi connectivity index (χ2n) is 5.44. The number of hydrogen-bond acceptors (Lipinski definition) is 4. The van der Waals surface area contributed by atoms with Crippen LogP contribution >= 0.6 is 0 Å². The molecule has 0 bridgehead atoms. The average Bonchev–Trinajstić information content (AvgIpc) is 2.42. The summed E-state index contributed by atoms with van der Waals surface area (Å²) < 4.78 is 0. The van der Waals surface area contributed by atoms with Gasteiger partial charge < -0.3 is 10.2 Å². The van der Waals surface area contributed by atoms with Crippen molar-refractivity contribution in [1.29, 1.82) is 0 Å². The summed E-state index contributed by atoms with van der Waals surface area (Å²) in [5, 5.41) is 3.30. The summed E-state index contributed by atoms with van der Waals surface area (Å²) in [5.41, 5.74) is 6.34. The molecule has 3 rings (SSSR count). The predicted molar refractivity (Wildman–Crippen MR) is 85.2 cm³/mol. The molecule has 1 unspecified atom stereocenters. The maximum absolute atomic E-state index is 4.75. The summed E-state index contributed by atoms with van der Waals surface area (Å²) in [6.07, 6.45) is 1.02. The number of amidine groups is 1. The van der Waals surface area contributed by atoms with Gasteiger partial charge in [-0.25, -0.2) is 9.98 Å². The molecule has 2 aliphatic rings. The second-order valence-corrected chi connectivity index (χ2v) is 5.44. The molecule has 1 atom stereocenters. The van der Waals surface area contributed by atoms with E-state index in [0.717, 1.165) is 35.0 Å². The zero-order valence-corrected chi connectivity index (χ0v) is 12.5. The Morgan fingerprint density at radius 3 is 2.70 bits per heavy atom. The molecule has 0 aliphatic carbocycles. The molecule has 1 N–H and O–H groups in total. The first-order valence-corrected chi connectivity index (χ1v) is 6.99. The summed E-state index contributed by atoms with van der Waals surface area (Å²) in [4.78, 5) is 11.6. The Morgan fingerprint density at radius 1 is 1.30 bits per heavy atom. The zero-order valence-electron chi connectivity index (χ0n) is 12.5. The van der Waals surface area contributed by atoms with Crippen molar-refractivity contribution in [3.63, 3.8) is 0 Å². The van der Waals surface area contributed by atoms with Crippen LogP contribution in [0.15, 0.2) is 34.4 Å². The first-order valence-electron chi connectivity index (χ1n) is 6.99. The van der Waals surface area contributed by atoms with Gasteiger partial charge in [-0.05, 0) is 43.5 Å². The summed E-state index contributed by atoms with van der Waals surface area (Å²) >= 11 is 0. The number of hydrogen-bond donors (Lipinski definition) is 1. The van der Waals surface area contributed by atoms with Gasteiger partial charge in [0.15, 0.2) is 5.84 Å². The van der Waals surface area contributed by atoms with Crippen LogP contribution in [0.4, 0.5) is 11.4 Å². The second kappa shape index (κ2) is 4.47. The Morgan fingerprint density at radius 2 is 2.00 bits per heavy atom. The lowest BCUT2D eigenvalue weighted by atomic mass is 10.0. The van der Waals surface area contributed by atoms with Gasteiger partial charge in [0.1, 0.15) is 11.9 Å². The fourth-order valence-electron chi connectivity index (χ4n) is 2.58. The number of benzene rings is 1. The fourth-order valence-corrected chi connectivity index (χ4v) is 2.58. The largest absolute Gasteiger partial charge is 0.362 e. The molecule has 4 heteroatoms. The molecular weight excluding hydrogens is 248 g/mol. The molecule has 0 spiro atoms. The molecule has 0 aromatic heterocycles. The number of fused-ring (bicyclic) bond motifs is 2. The minimum Gasteiger partial charge on any atom is -0.362 e. The molecule has 0 radical (unpaired) electrons. The van der Waals surface area contributed by atoms with E-state index in [0.29, 0.717) is 0 Å². The summed E-state index contributed by atoms with van der Waals surface area (Å²) in [6, 6.07) is 4.31. The van der Waals surface area contributed by atoms with Gasteiger partial charge in [-0.1, -0.05) is 13.5 Å². The molecule has 104 valence electrons. The Kier molecular flexibility index (Phi) is 2.89. The van der Waals surface area contributed by atoms with E-state index in [-0.39, 0.29) is 6.17 Å². The standard InChI is InChI=1S/C16H20N4/c1-6-14-17-11(4)15-16(19-14)20(5)13-8-10(3)9(2)7-12(13)18-15/h7-8,14,17H,4,6H2,1-3,5H3. The monoisotopic (exact) mass is 268 g/mol. The summed E-state index contributed by atoms with van der Waals surface area (Å²) in [7, 11) is 2.05. The van der Waals surface area contributed by atoms with Gasteiger partial charge in [-0.3, -0.25) is 0 Å². The number of rotatable bonds is 1. The summed E-state index contributed by atoms with van der Waals surface area (Å²) in [5.74, 6) is 0.913. The highest BCUT2D eigenvalue weighted by molar-refractivity contribution is 6.53. The Hall–Kier alpha value is -2.10. The normalized spacial score (nSPS) is 20.7. The van der Waals surface area contributed by atoms with Crippen LogP contribution in [0, 0.1) is 13.8 Å². The van der Waals surface area contributed by atoms with Gasteiger partial charge >= 0.3 is 0 Å². The van der Waals surface area contributed by atoms with Crippen LogP contribution < -0.4 is 10.2 Å². The Labute approximate surface area is 119 Å². The van der Waals surface area contributed by atoms with Gasteiger partial charge in [0.25, 0.3) is 0 Å². The Bertz CT molecular complexity index is 655. The minimum absolute atomic E-state index is 0.0898. The lowest BCUT2D eigenvalue weighted by Crippen LogP contribution is -2.47. The highest BCUT2D eigenvalue weighted by atomic mass is 15.3. The van der Waals surface area contributed by atoms with Crippen LogP contribution in [0.1, 0.15) is 24.5 Å². The molecule has 0 saturated carbocycles. The SMILES string of the molecule is C=C1NC(CC)N=C2C1=Nc1cc(C)c(C)cc1N2C. The third-order valence-electron chi connectivity index (χ3n) is 4.01.